The number of carboxylic acid groups (broad SMARTS) is 1. The van der Waals surface area contributed by atoms with Crippen molar-refractivity contribution in [3.8, 4) is 17.4 Å². The van der Waals surface area contributed by atoms with Crippen molar-refractivity contribution in [1.82, 2.24) is 14.8 Å². The molecule has 8 heteroatoms. The Labute approximate surface area is 106 Å². The third-order valence-electron chi connectivity index (χ3n) is 2.19. The molecule has 1 N–H and O–H groups in total. The van der Waals surface area contributed by atoms with E-state index in [0.29, 0.717) is 0 Å². The Bertz CT molecular complexity index is 607. The number of rotatable bonds is 4. The second kappa shape index (κ2) is 5.01. The zero-order valence-corrected chi connectivity index (χ0v) is 9.80. The SMILES string of the molecule is Cn1nc(OCC(=O)O)nc1-c1cc(F)cc(F)c1. The van der Waals surface area contributed by atoms with Crippen LogP contribution in [-0.4, -0.2) is 32.4 Å². The lowest BCUT2D eigenvalue weighted by Crippen LogP contribution is -2.10. The van der Waals surface area contributed by atoms with Crippen molar-refractivity contribution in [2.45, 2.75) is 0 Å². The van der Waals surface area contributed by atoms with Gasteiger partial charge in [0.15, 0.2) is 12.4 Å². The minimum absolute atomic E-state index is 0.166. The Morgan fingerprint density at radius 1 is 1.37 bits per heavy atom. The van der Waals surface area contributed by atoms with Gasteiger partial charge in [-0.15, -0.1) is 5.10 Å². The zero-order valence-electron chi connectivity index (χ0n) is 9.80. The molecular weight excluding hydrogens is 260 g/mol. The van der Waals surface area contributed by atoms with Gasteiger partial charge in [-0.2, -0.15) is 4.98 Å². The molecule has 1 aromatic heterocycles. The quantitative estimate of drug-likeness (QED) is 0.903. The van der Waals surface area contributed by atoms with Crippen molar-refractivity contribution in [2.75, 3.05) is 6.61 Å². The highest BCUT2D eigenvalue weighted by Gasteiger charge is 2.13. The molecule has 0 saturated heterocycles. The van der Waals surface area contributed by atoms with E-state index in [1.165, 1.54) is 11.7 Å². The number of aliphatic carboxylic acids is 1. The Hall–Kier alpha value is -2.51. The first-order valence-corrected chi connectivity index (χ1v) is 5.18. The van der Waals surface area contributed by atoms with Crippen LogP contribution in [-0.2, 0) is 11.8 Å². The van der Waals surface area contributed by atoms with Gasteiger partial charge in [0.2, 0.25) is 0 Å². The zero-order chi connectivity index (χ0) is 14.0. The number of halogens is 2. The number of hydrogen-bond acceptors (Lipinski definition) is 4. The number of nitrogens with zero attached hydrogens (tertiary/aromatic N) is 3. The summed E-state index contributed by atoms with van der Waals surface area (Å²) in [5, 5.41) is 12.2. The second-order valence-corrected chi connectivity index (χ2v) is 3.68. The van der Waals surface area contributed by atoms with Crippen LogP contribution in [0.5, 0.6) is 6.01 Å². The van der Waals surface area contributed by atoms with Gasteiger partial charge in [0, 0.05) is 18.7 Å². The lowest BCUT2D eigenvalue weighted by atomic mass is 10.2. The molecular formula is C11H9F2N3O3. The predicted octanol–water partition coefficient (Wildman–Crippen LogP) is 1.22. The maximum absolute atomic E-state index is 13.1. The van der Waals surface area contributed by atoms with Gasteiger partial charge in [0.05, 0.1) is 0 Å². The molecule has 0 fully saturated rings. The van der Waals surface area contributed by atoms with Crippen LogP contribution in [0.1, 0.15) is 0 Å². The number of carboxylic acids is 1. The van der Waals surface area contributed by atoms with Crippen molar-refractivity contribution < 1.29 is 23.4 Å². The second-order valence-electron chi connectivity index (χ2n) is 3.68. The van der Waals surface area contributed by atoms with E-state index in [1.807, 2.05) is 0 Å². The molecule has 0 radical (unpaired) electrons. The summed E-state index contributed by atoms with van der Waals surface area (Å²) in [6.45, 7) is -0.596. The van der Waals surface area contributed by atoms with Crippen LogP contribution in [0.15, 0.2) is 18.2 Å². The predicted molar refractivity (Wildman–Crippen MR) is 59.5 cm³/mol. The van der Waals surface area contributed by atoms with Gasteiger partial charge >= 0.3 is 12.0 Å². The summed E-state index contributed by atoms with van der Waals surface area (Å²) in [5.74, 6) is -2.50. The van der Waals surface area contributed by atoms with Gasteiger partial charge in [0.25, 0.3) is 0 Å². The molecule has 0 aliphatic heterocycles. The fourth-order valence-corrected chi connectivity index (χ4v) is 1.48. The fraction of sp³-hybridized carbons (Fsp3) is 0.182. The van der Waals surface area contributed by atoms with E-state index >= 15 is 0 Å². The highest BCUT2D eigenvalue weighted by atomic mass is 19.1. The molecule has 1 aromatic carbocycles. The topological polar surface area (TPSA) is 77.2 Å². The molecule has 19 heavy (non-hydrogen) atoms. The molecule has 0 spiro atoms. The van der Waals surface area contributed by atoms with Crippen LogP contribution in [0.25, 0.3) is 11.4 Å². The first-order chi connectivity index (χ1) is 8.95. The first kappa shape index (κ1) is 12.9. The molecule has 0 unspecified atom stereocenters. The van der Waals surface area contributed by atoms with E-state index < -0.39 is 24.2 Å². The average Bonchev–Trinajstić information content (AvgIpc) is 2.66. The number of ether oxygens (including phenoxy) is 1. The summed E-state index contributed by atoms with van der Waals surface area (Å²) in [6.07, 6.45) is 0. The minimum atomic E-state index is -1.18. The third kappa shape index (κ3) is 3.03. The number of hydrogen-bond donors (Lipinski definition) is 1. The molecule has 2 aromatic rings. The van der Waals surface area contributed by atoms with Crippen LogP contribution in [0.4, 0.5) is 8.78 Å². The number of aryl methyl sites for hydroxylation is 1. The van der Waals surface area contributed by atoms with Gasteiger partial charge in [-0.25, -0.2) is 18.3 Å². The van der Waals surface area contributed by atoms with Crippen molar-refractivity contribution in [2.24, 2.45) is 7.05 Å². The highest BCUT2D eigenvalue weighted by molar-refractivity contribution is 5.68. The Morgan fingerprint density at radius 2 is 2.00 bits per heavy atom. The van der Waals surface area contributed by atoms with Crippen molar-refractivity contribution in [3.05, 3.63) is 29.8 Å². The molecule has 100 valence electrons. The monoisotopic (exact) mass is 269 g/mol. The van der Waals surface area contributed by atoms with Crippen LogP contribution in [0.2, 0.25) is 0 Å². The van der Waals surface area contributed by atoms with Crippen LogP contribution >= 0.6 is 0 Å². The van der Waals surface area contributed by atoms with E-state index in [0.717, 1.165) is 18.2 Å². The third-order valence-corrected chi connectivity index (χ3v) is 2.19. The molecule has 0 bridgehead atoms. The average molecular weight is 269 g/mol. The number of benzene rings is 1. The summed E-state index contributed by atoms with van der Waals surface area (Å²) in [6, 6.07) is 2.74. The molecule has 6 nitrogen and oxygen atoms in total. The van der Waals surface area contributed by atoms with Gasteiger partial charge in [-0.3, -0.25) is 0 Å². The fourth-order valence-electron chi connectivity index (χ4n) is 1.48. The lowest BCUT2D eigenvalue weighted by Gasteiger charge is -2.00. The molecule has 0 aliphatic rings. The first-order valence-electron chi connectivity index (χ1n) is 5.18. The maximum atomic E-state index is 13.1. The van der Waals surface area contributed by atoms with Crippen LogP contribution < -0.4 is 4.74 Å². The summed E-state index contributed by atoms with van der Waals surface area (Å²) < 4.78 is 32.2. The summed E-state index contributed by atoms with van der Waals surface area (Å²) in [4.78, 5) is 14.2. The number of aromatic nitrogens is 3. The van der Waals surface area contributed by atoms with E-state index in [4.69, 9.17) is 9.84 Å². The van der Waals surface area contributed by atoms with Crippen molar-refractivity contribution in [1.29, 1.82) is 0 Å². The molecule has 2 rings (SSSR count). The Kier molecular flexibility index (Phi) is 3.41. The summed E-state index contributed by atoms with van der Waals surface area (Å²) >= 11 is 0. The van der Waals surface area contributed by atoms with E-state index in [1.54, 1.807) is 0 Å². The van der Waals surface area contributed by atoms with Gasteiger partial charge in [-0.05, 0) is 12.1 Å². The number of carbonyl (C=O) groups is 1. The van der Waals surface area contributed by atoms with E-state index in [-0.39, 0.29) is 17.4 Å². The summed E-state index contributed by atoms with van der Waals surface area (Å²) in [7, 11) is 1.50. The van der Waals surface area contributed by atoms with Crippen LogP contribution in [0, 0.1) is 11.6 Å². The van der Waals surface area contributed by atoms with Gasteiger partial charge in [0.1, 0.15) is 11.6 Å². The summed E-state index contributed by atoms with van der Waals surface area (Å²) in [5.41, 5.74) is 0.178. The molecule has 0 amide bonds. The van der Waals surface area contributed by atoms with Gasteiger partial charge < -0.3 is 9.84 Å². The Balaban J connectivity index is 2.31. The molecule has 0 atom stereocenters. The van der Waals surface area contributed by atoms with Gasteiger partial charge in [-0.1, -0.05) is 0 Å². The standard InChI is InChI=1S/C11H9F2N3O3/c1-16-10(6-2-7(12)4-8(13)3-6)14-11(15-16)19-5-9(17)18/h2-4H,5H2,1H3,(H,17,18). The van der Waals surface area contributed by atoms with Crippen molar-refractivity contribution in [3.63, 3.8) is 0 Å². The smallest absolute Gasteiger partial charge is 0.341 e. The highest BCUT2D eigenvalue weighted by Crippen LogP contribution is 2.21. The lowest BCUT2D eigenvalue weighted by molar-refractivity contribution is -0.139. The van der Waals surface area contributed by atoms with E-state index in [9.17, 15) is 13.6 Å². The molecule has 1 heterocycles. The largest absolute Gasteiger partial charge is 0.479 e. The minimum Gasteiger partial charge on any atom is -0.479 e. The van der Waals surface area contributed by atoms with Crippen LogP contribution in [0.3, 0.4) is 0 Å². The molecule has 0 saturated carbocycles. The maximum Gasteiger partial charge on any atom is 0.341 e. The molecule has 0 aliphatic carbocycles. The Morgan fingerprint density at radius 3 is 2.58 bits per heavy atom. The van der Waals surface area contributed by atoms with E-state index in [2.05, 4.69) is 10.1 Å². The van der Waals surface area contributed by atoms with Crippen molar-refractivity contribution >= 4 is 5.97 Å². The normalized spacial score (nSPS) is 10.5.